The maximum atomic E-state index is 10.8. The summed E-state index contributed by atoms with van der Waals surface area (Å²) in [5, 5.41) is 4.49. The summed E-state index contributed by atoms with van der Waals surface area (Å²) in [5.41, 5.74) is 10.2. The van der Waals surface area contributed by atoms with E-state index in [0.717, 1.165) is 4.88 Å². The van der Waals surface area contributed by atoms with E-state index in [-0.39, 0.29) is 0 Å². The van der Waals surface area contributed by atoms with E-state index in [0.29, 0.717) is 6.54 Å². The van der Waals surface area contributed by atoms with E-state index in [1.807, 2.05) is 17.5 Å². The summed E-state index contributed by atoms with van der Waals surface area (Å²) in [7, 11) is -3.05. The first-order valence-electron chi connectivity index (χ1n) is 3.02. The standard InChI is InChI=1S/C5H10N3OPS/c6-10(7,9)8-4-5-2-1-3-11-5/h1-3H,4H2,(H5,6,7,8,9). The Kier molecular flexibility index (Phi) is 2.81. The van der Waals surface area contributed by atoms with Crippen molar-refractivity contribution >= 4 is 18.9 Å². The van der Waals surface area contributed by atoms with Crippen LogP contribution in [0.15, 0.2) is 17.5 Å². The van der Waals surface area contributed by atoms with Crippen LogP contribution in [0.5, 0.6) is 0 Å². The second-order valence-electron chi connectivity index (χ2n) is 2.12. The van der Waals surface area contributed by atoms with Crippen molar-refractivity contribution < 1.29 is 4.57 Å². The maximum absolute atomic E-state index is 10.8. The van der Waals surface area contributed by atoms with Crippen molar-refractivity contribution in [3.05, 3.63) is 22.4 Å². The van der Waals surface area contributed by atoms with Gasteiger partial charge in [0.2, 0.25) is 0 Å². The Morgan fingerprint density at radius 2 is 2.36 bits per heavy atom. The lowest BCUT2D eigenvalue weighted by molar-refractivity contribution is 0.566. The molecule has 0 saturated heterocycles. The highest BCUT2D eigenvalue weighted by Gasteiger charge is 2.05. The monoisotopic (exact) mass is 191 g/mol. The fraction of sp³-hybridized carbons (Fsp3) is 0.200. The molecule has 0 amide bonds. The molecule has 0 spiro atoms. The van der Waals surface area contributed by atoms with Crippen LogP contribution >= 0.6 is 18.9 Å². The average Bonchev–Trinajstić information content (AvgIpc) is 2.32. The van der Waals surface area contributed by atoms with Gasteiger partial charge in [-0.15, -0.1) is 11.3 Å². The molecule has 0 saturated carbocycles. The van der Waals surface area contributed by atoms with Crippen LogP contribution in [0.4, 0.5) is 0 Å². The normalized spacial score (nSPS) is 11.8. The molecule has 1 rings (SSSR count). The van der Waals surface area contributed by atoms with Crippen LogP contribution in [0.3, 0.4) is 0 Å². The molecule has 1 aromatic rings. The number of rotatable bonds is 3. The average molecular weight is 191 g/mol. The molecule has 0 bridgehead atoms. The Labute approximate surface area is 69.1 Å². The van der Waals surface area contributed by atoms with Crippen LogP contribution in [0.2, 0.25) is 0 Å². The van der Waals surface area contributed by atoms with Crippen molar-refractivity contribution in [2.75, 3.05) is 0 Å². The molecular weight excluding hydrogens is 181 g/mol. The van der Waals surface area contributed by atoms with Crippen molar-refractivity contribution in [2.45, 2.75) is 6.54 Å². The van der Waals surface area contributed by atoms with Gasteiger partial charge in [0.15, 0.2) is 0 Å². The van der Waals surface area contributed by atoms with Gasteiger partial charge in [0, 0.05) is 11.4 Å². The minimum Gasteiger partial charge on any atom is -0.271 e. The van der Waals surface area contributed by atoms with Gasteiger partial charge in [-0.25, -0.2) is 5.09 Å². The van der Waals surface area contributed by atoms with Crippen molar-refractivity contribution in [3.63, 3.8) is 0 Å². The summed E-state index contributed by atoms with van der Waals surface area (Å²) in [6, 6.07) is 3.84. The molecule has 4 nitrogen and oxygen atoms in total. The van der Waals surface area contributed by atoms with Gasteiger partial charge in [-0.2, -0.15) is 0 Å². The zero-order valence-electron chi connectivity index (χ0n) is 5.86. The molecule has 6 heteroatoms. The van der Waals surface area contributed by atoms with E-state index in [4.69, 9.17) is 11.0 Å². The van der Waals surface area contributed by atoms with Gasteiger partial charge in [-0.3, -0.25) is 15.6 Å². The Morgan fingerprint density at radius 1 is 1.64 bits per heavy atom. The van der Waals surface area contributed by atoms with Crippen LogP contribution in [0.1, 0.15) is 4.88 Å². The largest absolute Gasteiger partial charge is 0.274 e. The predicted octanol–water partition coefficient (Wildman–Crippen LogP) is 0.863. The van der Waals surface area contributed by atoms with Gasteiger partial charge in [0.1, 0.15) is 0 Å². The first kappa shape index (κ1) is 8.90. The molecule has 0 unspecified atom stereocenters. The SMILES string of the molecule is NP(N)(=O)NCc1cccs1. The molecule has 0 aliphatic heterocycles. The van der Waals surface area contributed by atoms with E-state index in [9.17, 15) is 4.57 Å². The van der Waals surface area contributed by atoms with E-state index in [1.165, 1.54) is 0 Å². The highest BCUT2D eigenvalue weighted by molar-refractivity contribution is 7.56. The highest BCUT2D eigenvalue weighted by Crippen LogP contribution is 2.19. The van der Waals surface area contributed by atoms with Gasteiger partial charge in [-0.1, -0.05) is 6.07 Å². The zero-order chi connectivity index (χ0) is 8.32. The molecule has 11 heavy (non-hydrogen) atoms. The summed E-state index contributed by atoms with van der Waals surface area (Å²) >= 11 is 1.57. The van der Waals surface area contributed by atoms with Crippen molar-refractivity contribution in [1.29, 1.82) is 0 Å². The smallest absolute Gasteiger partial charge is 0.271 e. The Balaban J connectivity index is 2.41. The van der Waals surface area contributed by atoms with E-state index < -0.39 is 7.59 Å². The van der Waals surface area contributed by atoms with Gasteiger partial charge in [0.25, 0.3) is 7.59 Å². The van der Waals surface area contributed by atoms with Crippen LogP contribution in [-0.4, -0.2) is 0 Å². The molecule has 0 aromatic carbocycles. The lowest BCUT2D eigenvalue weighted by atomic mass is 10.5. The number of hydrogen-bond acceptors (Lipinski definition) is 2. The Bertz CT molecular complexity index is 255. The molecule has 5 N–H and O–H groups in total. The number of thiophene rings is 1. The maximum Gasteiger partial charge on any atom is 0.274 e. The molecule has 62 valence electrons. The molecule has 0 aliphatic rings. The number of hydrogen-bond donors (Lipinski definition) is 3. The second-order valence-corrected chi connectivity index (χ2v) is 4.89. The molecule has 0 aliphatic carbocycles. The first-order chi connectivity index (χ1) is 5.08. The van der Waals surface area contributed by atoms with Gasteiger partial charge >= 0.3 is 0 Å². The minimum atomic E-state index is -3.05. The molecule has 1 aromatic heterocycles. The van der Waals surface area contributed by atoms with E-state index in [2.05, 4.69) is 5.09 Å². The molecule has 1 heterocycles. The summed E-state index contributed by atoms with van der Waals surface area (Å²) in [5.74, 6) is 0. The van der Waals surface area contributed by atoms with Gasteiger partial charge in [0.05, 0.1) is 0 Å². The summed E-state index contributed by atoms with van der Waals surface area (Å²) in [4.78, 5) is 1.07. The molecule has 0 atom stereocenters. The fourth-order valence-electron chi connectivity index (χ4n) is 0.615. The topological polar surface area (TPSA) is 81.1 Å². The highest BCUT2D eigenvalue weighted by atomic mass is 32.1. The zero-order valence-corrected chi connectivity index (χ0v) is 7.57. The van der Waals surface area contributed by atoms with Crippen LogP contribution < -0.4 is 16.1 Å². The minimum absolute atomic E-state index is 0.474. The third-order valence-corrected chi connectivity index (χ3v) is 2.61. The van der Waals surface area contributed by atoms with Crippen LogP contribution in [0.25, 0.3) is 0 Å². The van der Waals surface area contributed by atoms with Gasteiger partial charge < -0.3 is 0 Å². The van der Waals surface area contributed by atoms with Crippen molar-refractivity contribution in [2.24, 2.45) is 11.0 Å². The fourth-order valence-corrected chi connectivity index (χ4v) is 1.78. The summed E-state index contributed by atoms with van der Waals surface area (Å²) < 4.78 is 10.8. The first-order valence-corrected chi connectivity index (χ1v) is 5.75. The lowest BCUT2D eigenvalue weighted by Gasteiger charge is -2.06. The number of nitrogens with two attached hydrogens (primary N) is 2. The lowest BCUT2D eigenvalue weighted by Crippen LogP contribution is -2.21. The quantitative estimate of drug-likeness (QED) is 0.619. The van der Waals surface area contributed by atoms with E-state index >= 15 is 0 Å². The van der Waals surface area contributed by atoms with E-state index in [1.54, 1.807) is 11.3 Å². The molecule has 0 radical (unpaired) electrons. The molecule has 0 fully saturated rings. The van der Waals surface area contributed by atoms with Crippen LogP contribution in [0, 0.1) is 0 Å². The third kappa shape index (κ3) is 3.65. The van der Waals surface area contributed by atoms with Crippen molar-refractivity contribution in [1.82, 2.24) is 5.09 Å². The van der Waals surface area contributed by atoms with Gasteiger partial charge in [-0.05, 0) is 11.4 Å². The Morgan fingerprint density at radius 3 is 2.82 bits per heavy atom. The second kappa shape index (κ2) is 3.47. The Hall–Kier alpha value is -0.190. The summed E-state index contributed by atoms with van der Waals surface area (Å²) in [6.07, 6.45) is 0. The van der Waals surface area contributed by atoms with Crippen molar-refractivity contribution in [3.8, 4) is 0 Å². The number of nitrogens with one attached hydrogen (secondary N) is 1. The van der Waals surface area contributed by atoms with Crippen LogP contribution in [-0.2, 0) is 11.1 Å². The predicted molar refractivity (Wildman–Crippen MR) is 47.1 cm³/mol. The summed E-state index contributed by atoms with van der Waals surface area (Å²) in [6.45, 7) is 0.474. The molecular formula is C5H10N3OPS. The third-order valence-electron chi connectivity index (χ3n) is 1.08.